The maximum absolute atomic E-state index is 13.2. The van der Waals surface area contributed by atoms with Crippen LogP contribution < -0.4 is 5.32 Å². The molecule has 0 aromatic rings. The summed E-state index contributed by atoms with van der Waals surface area (Å²) in [7, 11) is -5.11. The predicted molar refractivity (Wildman–Crippen MR) is 275 cm³/mol. The Labute approximate surface area is 415 Å². The minimum atomic E-state index is -5.11. The van der Waals surface area contributed by atoms with Crippen LogP contribution in [0.3, 0.4) is 0 Å². The summed E-state index contributed by atoms with van der Waals surface area (Å²) in [5.74, 6) is -0.670. The summed E-state index contributed by atoms with van der Waals surface area (Å²) in [5.41, 5.74) is 0. The van der Waals surface area contributed by atoms with E-state index in [4.69, 9.17) is 9.47 Å². The monoisotopic (exact) mass is 992 g/mol. The van der Waals surface area contributed by atoms with Gasteiger partial charge in [0.2, 0.25) is 5.91 Å². The van der Waals surface area contributed by atoms with Crippen molar-refractivity contribution in [2.45, 2.75) is 313 Å². The molecule has 1 aliphatic heterocycles. The normalized spacial score (nSPS) is 20.3. The van der Waals surface area contributed by atoms with Gasteiger partial charge in [0.1, 0.15) is 30.5 Å². The first-order chi connectivity index (χ1) is 32.9. The molecule has 1 saturated heterocycles. The summed E-state index contributed by atoms with van der Waals surface area (Å²) in [6, 6.07) is -1.03. The van der Waals surface area contributed by atoms with E-state index in [0.717, 1.165) is 57.8 Å². The number of aliphatic hydroxyl groups excluding tert-OH is 5. The summed E-state index contributed by atoms with van der Waals surface area (Å²) < 4.78 is 47.8. The molecule has 1 rings (SSSR count). The van der Waals surface area contributed by atoms with Gasteiger partial charge in [-0.25, -0.2) is 4.18 Å². The average molecular weight is 992 g/mol. The topological polar surface area (TPSA) is 212 Å². The third-order valence-electron chi connectivity index (χ3n) is 13.7. The van der Waals surface area contributed by atoms with E-state index in [1.807, 2.05) is 0 Å². The molecule has 1 fully saturated rings. The Hall–Kier alpha value is -1.20. The standard InChI is InChI=1S/C54H105NO12S/c1-3-5-7-9-11-13-15-17-19-21-23-24-25-27-29-31-33-35-37-39-41-43-48(58)53(61)55-46(45-65-54-51(60)52(67-68(62,63)64)50(59)49(44-56)66-54)47(57)42-40-38-36-34-32-30-28-26-22-20-18-16-14-12-10-8-6-4-2/h25,27,46-52,54,56-60H,3-24,26,28-45H2,1-2H3,(H,55,61)(H,62,63,64)/b27-25-. The molecule has 13 nitrogen and oxygen atoms in total. The molecule has 0 aliphatic carbocycles. The second kappa shape index (κ2) is 44.5. The number of nitrogens with one attached hydrogen (secondary N) is 1. The van der Waals surface area contributed by atoms with Gasteiger partial charge in [-0.3, -0.25) is 9.35 Å². The van der Waals surface area contributed by atoms with Gasteiger partial charge in [-0.05, 0) is 38.5 Å². The molecule has 0 bridgehead atoms. The fourth-order valence-corrected chi connectivity index (χ4v) is 9.74. The number of allylic oxidation sites excluding steroid dienone is 2. The van der Waals surface area contributed by atoms with Gasteiger partial charge in [0.15, 0.2) is 6.29 Å². The van der Waals surface area contributed by atoms with Gasteiger partial charge in [-0.1, -0.05) is 238 Å². The first-order valence-corrected chi connectivity index (χ1v) is 29.5. The molecule has 68 heavy (non-hydrogen) atoms. The molecule has 0 spiro atoms. The summed E-state index contributed by atoms with van der Waals surface area (Å²) in [5, 5.41) is 55.7. The van der Waals surface area contributed by atoms with Crippen molar-refractivity contribution < 1.29 is 57.0 Å². The maximum Gasteiger partial charge on any atom is 0.397 e. The lowest BCUT2D eigenvalue weighted by atomic mass is 9.99. The summed E-state index contributed by atoms with van der Waals surface area (Å²) in [4.78, 5) is 13.2. The molecule has 14 heteroatoms. The number of unbranched alkanes of at least 4 members (excludes halogenated alkanes) is 34. The van der Waals surface area contributed by atoms with Crippen LogP contribution in [0.5, 0.6) is 0 Å². The highest BCUT2D eigenvalue weighted by molar-refractivity contribution is 7.80. The van der Waals surface area contributed by atoms with Crippen molar-refractivity contribution >= 4 is 16.3 Å². The molecule has 7 N–H and O–H groups in total. The van der Waals surface area contributed by atoms with Crippen LogP contribution in [0.1, 0.15) is 264 Å². The number of aliphatic hydroxyl groups is 5. The summed E-state index contributed by atoms with van der Waals surface area (Å²) >= 11 is 0. The zero-order valence-corrected chi connectivity index (χ0v) is 44.1. The molecule has 0 saturated carbocycles. The molecule has 0 aromatic carbocycles. The number of carbonyl (C=O) groups excluding carboxylic acids is 1. The molecule has 8 atom stereocenters. The third kappa shape index (κ3) is 35.8. The lowest BCUT2D eigenvalue weighted by Gasteiger charge is -2.41. The number of rotatable bonds is 49. The van der Waals surface area contributed by atoms with Crippen LogP contribution in [0.15, 0.2) is 12.2 Å². The lowest BCUT2D eigenvalue weighted by Crippen LogP contribution is -2.61. The molecule has 1 heterocycles. The quantitative estimate of drug-likeness (QED) is 0.0172. The summed E-state index contributed by atoms with van der Waals surface area (Å²) in [6.45, 7) is 3.32. The van der Waals surface area contributed by atoms with Gasteiger partial charge < -0.3 is 40.3 Å². The van der Waals surface area contributed by atoms with Crippen molar-refractivity contribution in [3.63, 3.8) is 0 Å². The average Bonchev–Trinajstić information content (AvgIpc) is 3.31. The van der Waals surface area contributed by atoms with Crippen LogP contribution >= 0.6 is 0 Å². The number of hydrogen-bond acceptors (Lipinski definition) is 11. The molecule has 8 unspecified atom stereocenters. The van der Waals surface area contributed by atoms with Crippen LogP contribution in [0, 0.1) is 0 Å². The molecular formula is C54H105NO12S. The Morgan fingerprint density at radius 1 is 0.574 bits per heavy atom. The fraction of sp³-hybridized carbons (Fsp3) is 0.944. The van der Waals surface area contributed by atoms with E-state index in [9.17, 15) is 43.3 Å². The van der Waals surface area contributed by atoms with Crippen molar-refractivity contribution in [2.75, 3.05) is 13.2 Å². The second-order valence-corrected chi connectivity index (χ2v) is 21.1. The van der Waals surface area contributed by atoms with Crippen molar-refractivity contribution in [1.82, 2.24) is 5.32 Å². The molecule has 1 aliphatic rings. The van der Waals surface area contributed by atoms with Crippen LogP contribution in [0.2, 0.25) is 0 Å². The highest BCUT2D eigenvalue weighted by Gasteiger charge is 2.48. The number of ether oxygens (including phenoxy) is 2. The largest absolute Gasteiger partial charge is 0.397 e. The van der Waals surface area contributed by atoms with Crippen molar-refractivity contribution in [1.29, 1.82) is 0 Å². The maximum atomic E-state index is 13.2. The fourth-order valence-electron chi connectivity index (χ4n) is 9.23. The minimum absolute atomic E-state index is 0.256. The molecule has 0 aromatic heterocycles. The lowest BCUT2D eigenvalue weighted by molar-refractivity contribution is -0.298. The molecule has 404 valence electrons. The van der Waals surface area contributed by atoms with Gasteiger partial charge in [0.25, 0.3) is 0 Å². The molecule has 1 amide bonds. The van der Waals surface area contributed by atoms with Crippen molar-refractivity contribution in [2.24, 2.45) is 0 Å². The summed E-state index contributed by atoms with van der Waals surface area (Å²) in [6.07, 6.45) is 39.6. The van der Waals surface area contributed by atoms with E-state index >= 15 is 0 Å². The SMILES string of the molecule is CCCCCCCCCCCCC/C=C\CCCCCCCCC(O)C(=O)NC(COC1OC(CO)C(O)C(OS(=O)(=O)O)C1O)C(O)CCCCCCCCCCCCCCCCCCCC. The van der Waals surface area contributed by atoms with E-state index < -0.39 is 78.5 Å². The van der Waals surface area contributed by atoms with Gasteiger partial charge in [0.05, 0.1) is 25.4 Å². The van der Waals surface area contributed by atoms with Crippen LogP contribution in [-0.4, -0.2) is 107 Å². The Kier molecular flexibility index (Phi) is 42.4. The first-order valence-electron chi connectivity index (χ1n) is 28.2. The van der Waals surface area contributed by atoms with E-state index in [1.54, 1.807) is 0 Å². The van der Waals surface area contributed by atoms with E-state index in [0.29, 0.717) is 19.3 Å². The van der Waals surface area contributed by atoms with Crippen LogP contribution in [0.4, 0.5) is 0 Å². The number of amides is 1. The van der Waals surface area contributed by atoms with Crippen LogP contribution in [0.25, 0.3) is 0 Å². The Balaban J connectivity index is 2.43. The van der Waals surface area contributed by atoms with Gasteiger partial charge in [-0.2, -0.15) is 8.42 Å². The highest BCUT2D eigenvalue weighted by Crippen LogP contribution is 2.26. The van der Waals surface area contributed by atoms with Crippen molar-refractivity contribution in [3.8, 4) is 0 Å². The van der Waals surface area contributed by atoms with Crippen LogP contribution in [-0.2, 0) is 28.9 Å². The Morgan fingerprint density at radius 2 is 0.941 bits per heavy atom. The van der Waals surface area contributed by atoms with Gasteiger partial charge >= 0.3 is 10.4 Å². The van der Waals surface area contributed by atoms with Gasteiger partial charge in [0, 0.05) is 0 Å². The van der Waals surface area contributed by atoms with E-state index in [-0.39, 0.29) is 6.42 Å². The van der Waals surface area contributed by atoms with E-state index in [1.165, 1.54) is 167 Å². The Bertz CT molecular complexity index is 1270. The number of hydrogen-bond donors (Lipinski definition) is 7. The zero-order chi connectivity index (χ0) is 49.9. The Morgan fingerprint density at radius 3 is 1.32 bits per heavy atom. The predicted octanol–water partition coefficient (Wildman–Crippen LogP) is 11.6. The molecular weight excluding hydrogens is 887 g/mol. The second-order valence-electron chi connectivity index (χ2n) is 20.0. The van der Waals surface area contributed by atoms with Crippen molar-refractivity contribution in [3.05, 3.63) is 12.2 Å². The van der Waals surface area contributed by atoms with Gasteiger partial charge in [-0.15, -0.1) is 0 Å². The zero-order valence-electron chi connectivity index (χ0n) is 43.3. The third-order valence-corrected chi connectivity index (χ3v) is 14.1. The minimum Gasteiger partial charge on any atom is -0.394 e. The molecule has 0 radical (unpaired) electrons. The number of carbonyl (C=O) groups is 1. The highest BCUT2D eigenvalue weighted by atomic mass is 32.3. The van der Waals surface area contributed by atoms with E-state index in [2.05, 4.69) is 35.5 Å². The first kappa shape index (κ1) is 64.8. The smallest absolute Gasteiger partial charge is 0.394 e.